The van der Waals surface area contributed by atoms with Crippen LogP contribution in [0.5, 0.6) is 0 Å². The summed E-state index contributed by atoms with van der Waals surface area (Å²) in [5.41, 5.74) is 10.4. The van der Waals surface area contributed by atoms with Crippen LogP contribution in [0.25, 0.3) is 11.6 Å². The van der Waals surface area contributed by atoms with Crippen LogP contribution in [0.1, 0.15) is 18.1 Å². The highest BCUT2D eigenvalue weighted by Crippen LogP contribution is 2.20. The van der Waals surface area contributed by atoms with Crippen molar-refractivity contribution in [1.29, 1.82) is 0 Å². The molecule has 4 nitrogen and oxygen atoms in total. The fourth-order valence-corrected chi connectivity index (χ4v) is 1.94. The second-order valence-corrected chi connectivity index (χ2v) is 4.65. The van der Waals surface area contributed by atoms with Crippen molar-refractivity contribution in [2.45, 2.75) is 6.92 Å². The molecule has 22 heavy (non-hydrogen) atoms. The van der Waals surface area contributed by atoms with E-state index in [0.29, 0.717) is 5.71 Å². The summed E-state index contributed by atoms with van der Waals surface area (Å²) >= 11 is 0. The minimum Gasteiger partial charge on any atom is -0.350 e. The maximum atomic E-state index is 13.0. The first-order chi connectivity index (χ1) is 10.6. The van der Waals surface area contributed by atoms with Crippen LogP contribution in [0.2, 0.25) is 0 Å². The molecule has 0 aliphatic heterocycles. The molecule has 0 bridgehead atoms. The largest absolute Gasteiger partial charge is 0.350 e. The van der Waals surface area contributed by atoms with Crippen LogP contribution in [0.15, 0.2) is 59.7 Å². The minimum absolute atomic E-state index is 0.292. The Labute approximate surface area is 128 Å². The number of carbonyl (C=O) groups is 1. The molecule has 2 amide bonds. The Kier molecular flexibility index (Phi) is 5.03. The van der Waals surface area contributed by atoms with Crippen molar-refractivity contribution in [1.82, 2.24) is 5.43 Å². The van der Waals surface area contributed by atoms with Gasteiger partial charge in [-0.15, -0.1) is 0 Å². The van der Waals surface area contributed by atoms with E-state index in [-0.39, 0.29) is 5.82 Å². The second-order valence-electron chi connectivity index (χ2n) is 4.65. The lowest BCUT2D eigenvalue weighted by Gasteiger charge is -2.08. The Morgan fingerprint density at radius 1 is 1.14 bits per heavy atom. The molecule has 0 spiro atoms. The van der Waals surface area contributed by atoms with Crippen molar-refractivity contribution in [3.8, 4) is 0 Å². The van der Waals surface area contributed by atoms with Crippen molar-refractivity contribution in [3.05, 3.63) is 71.5 Å². The quantitative estimate of drug-likeness (QED) is 0.507. The number of nitrogens with two attached hydrogens (primary N) is 1. The summed E-state index contributed by atoms with van der Waals surface area (Å²) in [6.07, 6.45) is 1.87. The topological polar surface area (TPSA) is 67.5 Å². The minimum atomic E-state index is -0.728. The molecule has 3 N–H and O–H groups in total. The van der Waals surface area contributed by atoms with Gasteiger partial charge in [0.1, 0.15) is 5.82 Å². The van der Waals surface area contributed by atoms with E-state index in [1.54, 1.807) is 19.1 Å². The summed E-state index contributed by atoms with van der Waals surface area (Å²) in [4.78, 5) is 10.8. The predicted molar refractivity (Wildman–Crippen MR) is 86.5 cm³/mol. The number of hydrogen-bond donors (Lipinski definition) is 2. The highest BCUT2D eigenvalue weighted by atomic mass is 19.1. The molecule has 0 aliphatic rings. The third kappa shape index (κ3) is 4.28. The zero-order valence-corrected chi connectivity index (χ0v) is 12.1. The Hall–Kier alpha value is -2.95. The molecule has 0 unspecified atom stereocenters. The van der Waals surface area contributed by atoms with Gasteiger partial charge in [0.15, 0.2) is 0 Å². The first-order valence-electron chi connectivity index (χ1n) is 6.69. The fraction of sp³-hybridized carbons (Fsp3) is 0.0588. The van der Waals surface area contributed by atoms with Crippen LogP contribution in [-0.4, -0.2) is 11.7 Å². The lowest BCUT2D eigenvalue weighted by atomic mass is 9.99. The van der Waals surface area contributed by atoms with Gasteiger partial charge in [0, 0.05) is 5.57 Å². The van der Waals surface area contributed by atoms with E-state index in [1.165, 1.54) is 12.1 Å². The molecule has 0 radical (unpaired) electrons. The van der Waals surface area contributed by atoms with E-state index < -0.39 is 6.03 Å². The van der Waals surface area contributed by atoms with E-state index in [9.17, 15) is 9.18 Å². The van der Waals surface area contributed by atoms with Crippen molar-refractivity contribution in [2.24, 2.45) is 10.8 Å². The molecule has 0 atom stereocenters. The number of hydrogen-bond acceptors (Lipinski definition) is 2. The third-order valence-electron chi connectivity index (χ3n) is 2.99. The van der Waals surface area contributed by atoms with Crippen LogP contribution < -0.4 is 11.2 Å². The molecule has 112 valence electrons. The first-order valence-corrected chi connectivity index (χ1v) is 6.69. The molecule has 0 fully saturated rings. The highest BCUT2D eigenvalue weighted by Gasteiger charge is 2.06. The van der Waals surface area contributed by atoms with Gasteiger partial charge in [0.25, 0.3) is 0 Å². The Bertz CT molecular complexity index is 706. The van der Waals surface area contributed by atoms with E-state index in [4.69, 9.17) is 5.73 Å². The molecule has 0 aromatic heterocycles. The monoisotopic (exact) mass is 297 g/mol. The van der Waals surface area contributed by atoms with Crippen LogP contribution in [0, 0.1) is 5.82 Å². The lowest BCUT2D eigenvalue weighted by molar-refractivity contribution is 0.249. The number of hydrazone groups is 1. The number of rotatable bonds is 4. The average molecular weight is 297 g/mol. The zero-order chi connectivity index (χ0) is 15.9. The van der Waals surface area contributed by atoms with Gasteiger partial charge in [-0.25, -0.2) is 14.6 Å². The van der Waals surface area contributed by atoms with Crippen molar-refractivity contribution >= 4 is 23.4 Å². The van der Waals surface area contributed by atoms with Crippen molar-refractivity contribution in [3.63, 3.8) is 0 Å². The van der Waals surface area contributed by atoms with Gasteiger partial charge in [0.05, 0.1) is 5.71 Å². The van der Waals surface area contributed by atoms with Gasteiger partial charge < -0.3 is 5.73 Å². The number of primary amides is 1. The number of benzene rings is 2. The molecule has 2 aromatic carbocycles. The zero-order valence-electron chi connectivity index (χ0n) is 12.1. The number of halogens is 1. The number of nitrogens with zero attached hydrogens (tertiary/aromatic N) is 1. The van der Waals surface area contributed by atoms with Crippen LogP contribution in [0.3, 0.4) is 0 Å². The predicted octanol–water partition coefficient (Wildman–Crippen LogP) is 3.41. The van der Waals surface area contributed by atoms with Crippen LogP contribution in [-0.2, 0) is 0 Å². The summed E-state index contributed by atoms with van der Waals surface area (Å²) in [7, 11) is 0. The molecule has 2 rings (SSSR count). The standard InChI is InChI=1S/C17H16FN3O/c1-12(20-21-17(19)22)16(14-5-3-2-4-6-14)11-13-7-9-15(18)10-8-13/h2-11H,1H3,(H3,19,21,22). The van der Waals surface area contributed by atoms with Crippen LogP contribution in [0.4, 0.5) is 9.18 Å². The molecule has 0 heterocycles. The van der Waals surface area contributed by atoms with Gasteiger partial charge in [-0.3, -0.25) is 0 Å². The van der Waals surface area contributed by atoms with Crippen LogP contribution >= 0.6 is 0 Å². The fourth-order valence-electron chi connectivity index (χ4n) is 1.94. The highest BCUT2D eigenvalue weighted by molar-refractivity contribution is 6.27. The first kappa shape index (κ1) is 15.4. The van der Waals surface area contributed by atoms with Gasteiger partial charge in [0.2, 0.25) is 0 Å². The summed E-state index contributed by atoms with van der Waals surface area (Å²) in [6.45, 7) is 1.76. The summed E-state index contributed by atoms with van der Waals surface area (Å²) in [6, 6.07) is 15.0. The molecule has 0 aliphatic carbocycles. The number of nitrogens with one attached hydrogen (secondary N) is 1. The van der Waals surface area contributed by atoms with Gasteiger partial charge in [-0.1, -0.05) is 42.5 Å². The Morgan fingerprint density at radius 2 is 1.77 bits per heavy atom. The number of urea groups is 1. The summed E-state index contributed by atoms with van der Waals surface area (Å²) < 4.78 is 13.0. The second kappa shape index (κ2) is 7.17. The van der Waals surface area contributed by atoms with Gasteiger partial charge in [-0.05, 0) is 36.3 Å². The normalized spacial score (nSPS) is 12.1. The van der Waals surface area contributed by atoms with E-state index >= 15 is 0 Å². The lowest BCUT2D eigenvalue weighted by Crippen LogP contribution is -2.25. The molecule has 5 heteroatoms. The van der Waals surface area contributed by atoms with Crippen molar-refractivity contribution < 1.29 is 9.18 Å². The molecule has 0 saturated heterocycles. The Balaban J connectivity index is 2.43. The summed E-state index contributed by atoms with van der Waals surface area (Å²) in [5.74, 6) is -0.292. The SMILES string of the molecule is CC(=NNC(N)=O)C(=Cc1ccc(F)cc1)c1ccccc1. The smallest absolute Gasteiger partial charge is 0.332 e. The average Bonchev–Trinajstić information content (AvgIpc) is 2.53. The van der Waals surface area contributed by atoms with Gasteiger partial charge >= 0.3 is 6.03 Å². The maximum absolute atomic E-state index is 13.0. The van der Waals surface area contributed by atoms with E-state index in [1.807, 2.05) is 36.4 Å². The Morgan fingerprint density at radius 3 is 2.36 bits per heavy atom. The molecule has 2 aromatic rings. The molecule has 0 saturated carbocycles. The third-order valence-corrected chi connectivity index (χ3v) is 2.99. The maximum Gasteiger partial charge on any atom is 0.332 e. The van der Waals surface area contributed by atoms with Gasteiger partial charge in [-0.2, -0.15) is 5.10 Å². The number of carbonyl (C=O) groups excluding carboxylic acids is 1. The number of allylic oxidation sites excluding steroid dienone is 1. The van der Waals surface area contributed by atoms with E-state index in [0.717, 1.165) is 16.7 Å². The summed E-state index contributed by atoms with van der Waals surface area (Å²) in [5, 5.41) is 3.96. The molecular weight excluding hydrogens is 281 g/mol. The van der Waals surface area contributed by atoms with Crippen molar-refractivity contribution in [2.75, 3.05) is 0 Å². The van der Waals surface area contributed by atoms with E-state index in [2.05, 4.69) is 10.5 Å². The number of amides is 2. The molecular formula is C17H16FN3O.